The Kier molecular flexibility index (Phi) is 5.80. The Bertz CT molecular complexity index is 432. The van der Waals surface area contributed by atoms with Crippen LogP contribution in [0, 0.1) is 17.7 Å². The molecule has 19 heavy (non-hydrogen) atoms. The maximum atomic E-state index is 13.7. The van der Waals surface area contributed by atoms with Gasteiger partial charge in [0.15, 0.2) is 0 Å². The summed E-state index contributed by atoms with van der Waals surface area (Å²) in [6.07, 6.45) is 0. The molecule has 3 nitrogen and oxygen atoms in total. The minimum atomic E-state index is -0.397. The van der Waals surface area contributed by atoms with Gasteiger partial charge in [-0.2, -0.15) is 0 Å². The molecule has 0 aromatic heterocycles. The van der Waals surface area contributed by atoms with Crippen molar-refractivity contribution in [2.75, 3.05) is 18.4 Å². The van der Waals surface area contributed by atoms with E-state index in [9.17, 15) is 9.18 Å². The highest BCUT2D eigenvalue weighted by Gasteiger charge is 2.15. The highest BCUT2D eigenvalue weighted by molar-refractivity contribution is 5.99. The molecule has 0 aliphatic rings. The Morgan fingerprint density at radius 1 is 1.32 bits per heavy atom. The Hall–Kier alpha value is -1.58. The lowest BCUT2D eigenvalue weighted by atomic mass is 9.98. The number of carbonyl (C=O) groups excluding carboxylic acids is 1. The Balaban J connectivity index is 2.79. The largest absolute Gasteiger partial charge is 0.382 e. The molecule has 106 valence electrons. The fraction of sp³-hybridized carbons (Fsp3) is 0.533. The number of carbonyl (C=O) groups is 1. The molecule has 1 aromatic carbocycles. The fourth-order valence-electron chi connectivity index (χ4n) is 1.65. The van der Waals surface area contributed by atoms with Crippen molar-refractivity contribution < 1.29 is 9.18 Å². The van der Waals surface area contributed by atoms with E-state index >= 15 is 0 Å². The van der Waals surface area contributed by atoms with E-state index in [4.69, 9.17) is 0 Å². The summed E-state index contributed by atoms with van der Waals surface area (Å²) in [5.41, 5.74) is 0.637. The van der Waals surface area contributed by atoms with Gasteiger partial charge < -0.3 is 10.6 Å². The van der Waals surface area contributed by atoms with Gasteiger partial charge in [0, 0.05) is 13.1 Å². The summed E-state index contributed by atoms with van der Waals surface area (Å²) in [5.74, 6) is 0.260. The number of rotatable bonds is 6. The zero-order chi connectivity index (χ0) is 14.4. The number of benzene rings is 1. The lowest BCUT2D eigenvalue weighted by molar-refractivity contribution is 0.0945. The van der Waals surface area contributed by atoms with Gasteiger partial charge >= 0.3 is 0 Å². The van der Waals surface area contributed by atoms with E-state index in [1.807, 2.05) is 6.92 Å². The van der Waals surface area contributed by atoms with Crippen molar-refractivity contribution in [1.82, 2.24) is 5.32 Å². The van der Waals surface area contributed by atoms with Gasteiger partial charge in [-0.25, -0.2) is 4.39 Å². The summed E-state index contributed by atoms with van der Waals surface area (Å²) in [6, 6.07) is 4.54. The molecule has 1 unspecified atom stereocenters. The third kappa shape index (κ3) is 4.23. The van der Waals surface area contributed by atoms with Crippen LogP contribution in [-0.2, 0) is 0 Å². The average Bonchev–Trinajstić information content (AvgIpc) is 2.37. The van der Waals surface area contributed by atoms with Gasteiger partial charge in [0.2, 0.25) is 0 Å². The second-order valence-electron chi connectivity index (χ2n) is 5.12. The van der Waals surface area contributed by atoms with E-state index in [1.165, 1.54) is 6.07 Å². The predicted molar refractivity (Wildman–Crippen MR) is 76.9 cm³/mol. The summed E-state index contributed by atoms with van der Waals surface area (Å²) < 4.78 is 13.7. The van der Waals surface area contributed by atoms with E-state index in [1.54, 1.807) is 12.1 Å². The molecule has 0 fully saturated rings. The van der Waals surface area contributed by atoms with Crippen LogP contribution in [0.15, 0.2) is 18.2 Å². The molecule has 2 N–H and O–H groups in total. The second kappa shape index (κ2) is 7.12. The molecule has 0 aliphatic carbocycles. The minimum absolute atomic E-state index is 0.233. The van der Waals surface area contributed by atoms with Crippen molar-refractivity contribution >= 4 is 11.6 Å². The molecule has 0 heterocycles. The number of para-hydroxylation sites is 1. The van der Waals surface area contributed by atoms with Crippen LogP contribution >= 0.6 is 0 Å². The number of anilines is 1. The molecule has 4 heteroatoms. The highest BCUT2D eigenvalue weighted by Crippen LogP contribution is 2.19. The zero-order valence-electron chi connectivity index (χ0n) is 12.1. The molecule has 1 atom stereocenters. The standard InChI is InChI=1S/C15H23FN2O/c1-5-17-14-12(7-6-8-13(14)16)15(19)18-9-11(4)10(2)3/h6-8,10-11,17H,5,9H2,1-4H3,(H,18,19). The lowest BCUT2D eigenvalue weighted by Gasteiger charge is -2.17. The molecule has 1 aromatic rings. The predicted octanol–water partition coefficient (Wildman–Crippen LogP) is 3.28. The van der Waals surface area contributed by atoms with Crippen molar-refractivity contribution in [3.05, 3.63) is 29.6 Å². The Morgan fingerprint density at radius 3 is 2.58 bits per heavy atom. The van der Waals surface area contributed by atoms with Gasteiger partial charge in [-0.15, -0.1) is 0 Å². The summed E-state index contributed by atoms with van der Waals surface area (Å²) in [4.78, 5) is 12.1. The van der Waals surface area contributed by atoms with E-state index in [0.717, 1.165) is 0 Å². The average molecular weight is 266 g/mol. The number of nitrogens with one attached hydrogen (secondary N) is 2. The molecule has 0 aliphatic heterocycles. The normalized spacial score (nSPS) is 12.3. The van der Waals surface area contributed by atoms with Gasteiger partial charge in [-0.3, -0.25) is 4.79 Å². The monoisotopic (exact) mass is 266 g/mol. The van der Waals surface area contributed by atoms with Crippen molar-refractivity contribution in [2.45, 2.75) is 27.7 Å². The quantitative estimate of drug-likeness (QED) is 0.829. The third-order valence-corrected chi connectivity index (χ3v) is 3.33. The first-order valence-corrected chi connectivity index (χ1v) is 6.77. The van der Waals surface area contributed by atoms with Crippen LogP contribution in [0.2, 0.25) is 0 Å². The van der Waals surface area contributed by atoms with E-state index in [2.05, 4.69) is 31.4 Å². The molecular weight excluding hydrogens is 243 g/mol. The number of hydrogen-bond donors (Lipinski definition) is 2. The first kappa shape index (κ1) is 15.5. The van der Waals surface area contributed by atoms with Crippen molar-refractivity contribution in [3.63, 3.8) is 0 Å². The van der Waals surface area contributed by atoms with Crippen LogP contribution < -0.4 is 10.6 Å². The van der Waals surface area contributed by atoms with E-state index < -0.39 is 5.82 Å². The molecule has 0 saturated heterocycles. The van der Waals surface area contributed by atoms with Gasteiger partial charge in [-0.05, 0) is 30.9 Å². The Labute approximate surface area is 114 Å². The van der Waals surface area contributed by atoms with E-state index in [-0.39, 0.29) is 11.6 Å². The third-order valence-electron chi connectivity index (χ3n) is 3.33. The zero-order valence-corrected chi connectivity index (χ0v) is 12.1. The summed E-state index contributed by atoms with van der Waals surface area (Å²) >= 11 is 0. The molecule has 1 rings (SSSR count). The Morgan fingerprint density at radius 2 is 2.00 bits per heavy atom. The molecule has 0 saturated carbocycles. The van der Waals surface area contributed by atoms with Gasteiger partial charge in [0.25, 0.3) is 5.91 Å². The fourth-order valence-corrected chi connectivity index (χ4v) is 1.65. The van der Waals surface area contributed by atoms with Crippen LogP contribution in [0.4, 0.5) is 10.1 Å². The first-order chi connectivity index (χ1) is 8.97. The van der Waals surface area contributed by atoms with Crippen molar-refractivity contribution in [1.29, 1.82) is 0 Å². The highest BCUT2D eigenvalue weighted by atomic mass is 19.1. The number of halogens is 1. The smallest absolute Gasteiger partial charge is 0.253 e. The molecule has 0 bridgehead atoms. The van der Waals surface area contributed by atoms with Crippen molar-refractivity contribution in [2.24, 2.45) is 11.8 Å². The van der Waals surface area contributed by atoms with Gasteiger partial charge in [-0.1, -0.05) is 26.8 Å². The van der Waals surface area contributed by atoms with Crippen LogP contribution in [0.3, 0.4) is 0 Å². The van der Waals surface area contributed by atoms with Gasteiger partial charge in [0.05, 0.1) is 11.3 Å². The van der Waals surface area contributed by atoms with E-state index in [0.29, 0.717) is 30.5 Å². The van der Waals surface area contributed by atoms with Gasteiger partial charge in [0.1, 0.15) is 5.82 Å². The number of amides is 1. The topological polar surface area (TPSA) is 41.1 Å². The van der Waals surface area contributed by atoms with Crippen molar-refractivity contribution in [3.8, 4) is 0 Å². The summed E-state index contributed by atoms with van der Waals surface area (Å²) in [6.45, 7) is 9.35. The molecule has 0 spiro atoms. The maximum Gasteiger partial charge on any atom is 0.253 e. The second-order valence-corrected chi connectivity index (χ2v) is 5.12. The van der Waals surface area contributed by atoms with Crippen LogP contribution in [0.1, 0.15) is 38.1 Å². The molecule has 1 amide bonds. The molecule has 0 radical (unpaired) electrons. The minimum Gasteiger partial charge on any atom is -0.382 e. The summed E-state index contributed by atoms with van der Waals surface area (Å²) in [5, 5.41) is 5.76. The van der Waals surface area contributed by atoms with Crippen LogP contribution in [0.25, 0.3) is 0 Å². The maximum absolute atomic E-state index is 13.7. The van der Waals surface area contributed by atoms with Crippen LogP contribution in [0.5, 0.6) is 0 Å². The summed E-state index contributed by atoms with van der Waals surface area (Å²) in [7, 11) is 0. The van der Waals surface area contributed by atoms with Crippen LogP contribution in [-0.4, -0.2) is 19.0 Å². The SMILES string of the molecule is CCNc1c(F)cccc1C(=O)NCC(C)C(C)C. The number of hydrogen-bond acceptors (Lipinski definition) is 2. The molecular formula is C15H23FN2O. The lowest BCUT2D eigenvalue weighted by Crippen LogP contribution is -2.30. The first-order valence-electron chi connectivity index (χ1n) is 6.77.